The van der Waals surface area contributed by atoms with Gasteiger partial charge in [0.1, 0.15) is 12.2 Å². The first-order chi connectivity index (χ1) is 9.20. The van der Waals surface area contributed by atoms with Crippen molar-refractivity contribution in [3.63, 3.8) is 0 Å². The number of H-pyrrole nitrogens is 1. The predicted octanol–water partition coefficient (Wildman–Crippen LogP) is 1.58. The van der Waals surface area contributed by atoms with Crippen LogP contribution in [0.15, 0.2) is 18.5 Å². The summed E-state index contributed by atoms with van der Waals surface area (Å²) in [4.78, 5) is 4.03. The van der Waals surface area contributed by atoms with Gasteiger partial charge in [0.2, 0.25) is 0 Å². The molecule has 0 saturated heterocycles. The summed E-state index contributed by atoms with van der Waals surface area (Å²) in [5, 5.41) is 9.70. The van der Waals surface area contributed by atoms with Crippen LogP contribution in [0.2, 0.25) is 0 Å². The van der Waals surface area contributed by atoms with Crippen LogP contribution in [0.4, 0.5) is 15.8 Å². The van der Waals surface area contributed by atoms with Gasteiger partial charge in [0.15, 0.2) is 11.6 Å². The van der Waals surface area contributed by atoms with E-state index in [0.29, 0.717) is 17.9 Å². The van der Waals surface area contributed by atoms with E-state index in [4.69, 9.17) is 10.5 Å². The Morgan fingerprint density at radius 3 is 3.00 bits per heavy atom. The number of benzene rings is 1. The lowest BCUT2D eigenvalue weighted by atomic mass is 10.2. The Kier molecular flexibility index (Phi) is 4.17. The molecule has 0 aliphatic heterocycles. The van der Waals surface area contributed by atoms with Crippen LogP contribution in [-0.2, 0) is 6.42 Å². The molecule has 0 radical (unpaired) electrons. The minimum atomic E-state index is -0.466. The lowest BCUT2D eigenvalue weighted by Crippen LogP contribution is -2.06. The molecule has 1 aromatic carbocycles. The lowest BCUT2D eigenvalue weighted by Gasteiger charge is -2.11. The van der Waals surface area contributed by atoms with Crippen LogP contribution in [-0.4, -0.2) is 28.8 Å². The number of methoxy groups -OCH3 is 1. The van der Waals surface area contributed by atoms with E-state index >= 15 is 0 Å². The van der Waals surface area contributed by atoms with E-state index in [9.17, 15) is 4.39 Å². The molecule has 0 fully saturated rings. The number of anilines is 2. The highest BCUT2D eigenvalue weighted by Gasteiger charge is 2.07. The molecule has 2 rings (SSSR count). The fourth-order valence-corrected chi connectivity index (χ4v) is 1.71. The van der Waals surface area contributed by atoms with Crippen molar-refractivity contribution in [2.75, 3.05) is 24.7 Å². The molecule has 0 aliphatic rings. The fraction of sp³-hybridized carbons (Fsp3) is 0.333. The van der Waals surface area contributed by atoms with Gasteiger partial charge in [-0.2, -0.15) is 5.10 Å². The van der Waals surface area contributed by atoms with Crippen LogP contribution < -0.4 is 15.8 Å². The minimum Gasteiger partial charge on any atom is -0.494 e. The number of nitrogens with zero attached hydrogens (tertiary/aromatic N) is 2. The van der Waals surface area contributed by atoms with Crippen LogP contribution in [0.3, 0.4) is 0 Å². The molecule has 0 atom stereocenters. The number of aryl methyl sites for hydroxylation is 1. The Bertz CT molecular complexity index is 529. The zero-order valence-corrected chi connectivity index (χ0v) is 10.6. The zero-order valence-electron chi connectivity index (χ0n) is 10.6. The molecule has 0 saturated carbocycles. The van der Waals surface area contributed by atoms with E-state index in [0.717, 1.165) is 18.7 Å². The van der Waals surface area contributed by atoms with Crippen molar-refractivity contribution in [3.8, 4) is 5.75 Å². The number of nitrogens with one attached hydrogen (secondary N) is 2. The molecule has 7 heteroatoms. The van der Waals surface area contributed by atoms with Crippen molar-refractivity contribution in [1.29, 1.82) is 0 Å². The first kappa shape index (κ1) is 13.1. The van der Waals surface area contributed by atoms with Gasteiger partial charge in [0.05, 0.1) is 18.5 Å². The van der Waals surface area contributed by atoms with Gasteiger partial charge >= 0.3 is 0 Å². The molecule has 19 heavy (non-hydrogen) atoms. The second-order valence-corrected chi connectivity index (χ2v) is 4.04. The SMILES string of the molecule is COc1cc(NCCCc2ncn[nH]2)c(N)cc1F. The fourth-order valence-electron chi connectivity index (χ4n) is 1.71. The number of aromatic amines is 1. The maximum Gasteiger partial charge on any atom is 0.167 e. The Morgan fingerprint density at radius 2 is 2.32 bits per heavy atom. The minimum absolute atomic E-state index is 0.173. The summed E-state index contributed by atoms with van der Waals surface area (Å²) in [6.07, 6.45) is 3.12. The van der Waals surface area contributed by atoms with E-state index in [2.05, 4.69) is 20.5 Å². The standard InChI is InChI=1S/C12H16FN5O/c1-19-11-6-10(9(14)5-8(11)13)15-4-2-3-12-16-7-17-18-12/h5-7,15H,2-4,14H2,1H3,(H,16,17,18). The van der Waals surface area contributed by atoms with Crippen molar-refractivity contribution < 1.29 is 9.13 Å². The Hall–Kier alpha value is -2.31. The van der Waals surface area contributed by atoms with E-state index in [-0.39, 0.29) is 5.75 Å². The number of hydrogen-bond donors (Lipinski definition) is 3. The smallest absolute Gasteiger partial charge is 0.167 e. The maximum absolute atomic E-state index is 13.4. The van der Waals surface area contributed by atoms with Crippen molar-refractivity contribution in [3.05, 3.63) is 30.1 Å². The van der Waals surface area contributed by atoms with Crippen LogP contribution in [0.5, 0.6) is 5.75 Å². The van der Waals surface area contributed by atoms with Gasteiger partial charge in [-0.3, -0.25) is 5.10 Å². The number of ether oxygens (including phenoxy) is 1. The summed E-state index contributed by atoms with van der Waals surface area (Å²) in [5.74, 6) is 0.547. The molecular formula is C12H16FN5O. The summed E-state index contributed by atoms with van der Waals surface area (Å²) in [5.41, 5.74) is 6.76. The summed E-state index contributed by atoms with van der Waals surface area (Å²) in [6, 6.07) is 2.80. The molecule has 102 valence electrons. The number of hydrogen-bond acceptors (Lipinski definition) is 5. The largest absolute Gasteiger partial charge is 0.494 e. The molecule has 0 amide bonds. The average Bonchev–Trinajstić information content (AvgIpc) is 2.90. The monoisotopic (exact) mass is 265 g/mol. The van der Waals surface area contributed by atoms with E-state index < -0.39 is 5.82 Å². The Balaban J connectivity index is 1.88. The number of nitrogens with two attached hydrogens (primary N) is 1. The molecular weight excluding hydrogens is 249 g/mol. The van der Waals surface area contributed by atoms with E-state index in [1.54, 1.807) is 6.07 Å². The molecule has 0 bridgehead atoms. The van der Waals surface area contributed by atoms with Crippen molar-refractivity contribution in [2.24, 2.45) is 0 Å². The maximum atomic E-state index is 13.4. The molecule has 2 aromatic rings. The van der Waals surface area contributed by atoms with Crippen molar-refractivity contribution in [2.45, 2.75) is 12.8 Å². The molecule has 1 heterocycles. The third kappa shape index (κ3) is 3.34. The highest BCUT2D eigenvalue weighted by atomic mass is 19.1. The first-order valence-electron chi connectivity index (χ1n) is 5.92. The number of halogens is 1. The van der Waals surface area contributed by atoms with Crippen molar-refractivity contribution >= 4 is 11.4 Å². The highest BCUT2D eigenvalue weighted by Crippen LogP contribution is 2.27. The third-order valence-electron chi connectivity index (χ3n) is 2.69. The van der Waals surface area contributed by atoms with E-state index in [1.165, 1.54) is 19.5 Å². The quantitative estimate of drug-likeness (QED) is 0.545. The molecule has 0 aliphatic carbocycles. The van der Waals surface area contributed by atoms with Gasteiger partial charge < -0.3 is 15.8 Å². The number of nitrogen functional groups attached to an aromatic ring is 1. The number of rotatable bonds is 6. The summed E-state index contributed by atoms with van der Waals surface area (Å²) < 4.78 is 18.3. The molecule has 0 unspecified atom stereocenters. The second-order valence-electron chi connectivity index (χ2n) is 4.04. The van der Waals surface area contributed by atoms with Crippen LogP contribution in [0, 0.1) is 5.82 Å². The normalized spacial score (nSPS) is 10.4. The van der Waals surface area contributed by atoms with Crippen LogP contribution in [0.25, 0.3) is 0 Å². The van der Waals surface area contributed by atoms with Crippen LogP contribution >= 0.6 is 0 Å². The summed E-state index contributed by atoms with van der Waals surface area (Å²) in [6.45, 7) is 0.694. The van der Waals surface area contributed by atoms with Gasteiger partial charge in [0, 0.05) is 25.1 Å². The molecule has 1 aromatic heterocycles. The highest BCUT2D eigenvalue weighted by molar-refractivity contribution is 5.68. The molecule has 4 N–H and O–H groups in total. The third-order valence-corrected chi connectivity index (χ3v) is 2.69. The Morgan fingerprint density at radius 1 is 1.47 bits per heavy atom. The number of aromatic nitrogens is 3. The van der Waals surface area contributed by atoms with Gasteiger partial charge in [-0.25, -0.2) is 9.37 Å². The second kappa shape index (κ2) is 6.03. The zero-order chi connectivity index (χ0) is 13.7. The van der Waals surface area contributed by atoms with Gasteiger partial charge in [-0.15, -0.1) is 0 Å². The summed E-state index contributed by atoms with van der Waals surface area (Å²) in [7, 11) is 1.42. The van der Waals surface area contributed by atoms with Gasteiger partial charge in [-0.05, 0) is 6.42 Å². The topological polar surface area (TPSA) is 88.8 Å². The molecule has 6 nitrogen and oxygen atoms in total. The van der Waals surface area contributed by atoms with Crippen LogP contribution in [0.1, 0.15) is 12.2 Å². The summed E-state index contributed by atoms with van der Waals surface area (Å²) >= 11 is 0. The Labute approximate surface area is 110 Å². The van der Waals surface area contributed by atoms with E-state index in [1.807, 2.05) is 0 Å². The van der Waals surface area contributed by atoms with Crippen molar-refractivity contribution in [1.82, 2.24) is 15.2 Å². The lowest BCUT2D eigenvalue weighted by molar-refractivity contribution is 0.387. The predicted molar refractivity (Wildman–Crippen MR) is 70.6 cm³/mol. The average molecular weight is 265 g/mol. The van der Waals surface area contributed by atoms with Gasteiger partial charge in [0.25, 0.3) is 0 Å². The molecule has 0 spiro atoms. The van der Waals surface area contributed by atoms with Gasteiger partial charge in [-0.1, -0.05) is 0 Å². The first-order valence-corrected chi connectivity index (χ1v) is 5.92.